The highest BCUT2D eigenvalue weighted by Crippen LogP contribution is 2.38. The molecule has 1 fully saturated rings. The lowest BCUT2D eigenvalue weighted by Gasteiger charge is -2.21. The first-order valence-corrected chi connectivity index (χ1v) is 15.7. The zero-order chi connectivity index (χ0) is 26.2. The molecule has 0 radical (unpaired) electrons. The first-order valence-electron chi connectivity index (χ1n) is 12.0. The van der Waals surface area contributed by atoms with E-state index >= 15 is 0 Å². The third-order valence-corrected chi connectivity index (χ3v) is 9.42. The number of thioether (sulfide) groups is 1. The number of hydrogen-bond donors (Lipinski definition) is 5. The molecule has 0 bridgehead atoms. The smallest absolute Gasteiger partial charge is 0.224 e. The summed E-state index contributed by atoms with van der Waals surface area (Å²) in [6.07, 6.45) is 2.39. The molecule has 5 atom stereocenters. The number of aryl methyl sites for hydroxylation is 1. The summed E-state index contributed by atoms with van der Waals surface area (Å²) < 4.78 is 26.6. The Hall–Kier alpha value is -2.29. The number of aliphatic hydroxyl groups excluding tert-OH is 2. The van der Waals surface area contributed by atoms with Crippen molar-refractivity contribution in [2.45, 2.75) is 43.3 Å². The highest BCUT2D eigenvalue weighted by molar-refractivity contribution is 8.03. The zero-order valence-electron chi connectivity index (χ0n) is 20.5. The molecule has 198 valence electrons. The predicted molar refractivity (Wildman–Crippen MR) is 149 cm³/mol. The maximum absolute atomic E-state index is 11.5. The van der Waals surface area contributed by atoms with Gasteiger partial charge in [0.05, 0.1) is 39.9 Å². The van der Waals surface area contributed by atoms with Gasteiger partial charge in [0, 0.05) is 24.3 Å². The summed E-state index contributed by atoms with van der Waals surface area (Å²) >= 11 is 3.31. The highest BCUT2D eigenvalue weighted by atomic mass is 32.2. The van der Waals surface area contributed by atoms with E-state index in [4.69, 9.17) is 15.0 Å². The molecule has 1 aromatic carbocycles. The summed E-state index contributed by atoms with van der Waals surface area (Å²) in [5, 5.41) is 31.4. The number of aliphatic hydroxyl groups is 2. The number of hydrogen-bond acceptors (Lipinski definition) is 11. The van der Waals surface area contributed by atoms with Gasteiger partial charge >= 0.3 is 0 Å². The van der Waals surface area contributed by atoms with Gasteiger partial charge in [-0.15, -0.1) is 23.1 Å². The van der Waals surface area contributed by atoms with Crippen LogP contribution in [0.5, 0.6) is 0 Å². The van der Waals surface area contributed by atoms with E-state index in [1.54, 1.807) is 11.8 Å². The lowest BCUT2D eigenvalue weighted by Crippen LogP contribution is -2.37. The average Bonchev–Trinajstić information content (AvgIpc) is 3.57. The van der Waals surface area contributed by atoms with Gasteiger partial charge in [0.25, 0.3) is 0 Å². The van der Waals surface area contributed by atoms with E-state index in [1.807, 2.05) is 31.2 Å². The second kappa shape index (κ2) is 10.8. The van der Waals surface area contributed by atoms with Crippen LogP contribution in [-0.4, -0.2) is 76.4 Å². The minimum absolute atomic E-state index is 0.0443. The van der Waals surface area contributed by atoms with Crippen molar-refractivity contribution in [2.75, 3.05) is 30.0 Å². The molecule has 1 saturated carbocycles. The number of anilines is 2. The molecule has 3 heterocycles. The second-order valence-corrected chi connectivity index (χ2v) is 13.5. The van der Waals surface area contributed by atoms with Gasteiger partial charge in [-0.25, -0.2) is 23.1 Å². The molecule has 2 aliphatic rings. The summed E-state index contributed by atoms with van der Waals surface area (Å²) in [6, 6.07) is 7.35. The third-order valence-electron chi connectivity index (χ3n) is 6.58. The topological polar surface area (TPSA) is 149 Å². The highest BCUT2D eigenvalue weighted by Gasteiger charge is 2.42. The van der Waals surface area contributed by atoms with Gasteiger partial charge in [0.15, 0.2) is 0 Å². The molecule has 37 heavy (non-hydrogen) atoms. The Kier molecular flexibility index (Phi) is 7.70. The molecule has 0 amide bonds. The minimum atomic E-state index is -3.41. The largest absolute Gasteiger partial charge is 0.390 e. The Bertz CT molecular complexity index is 1370. The Morgan fingerprint density at radius 3 is 2.65 bits per heavy atom. The Morgan fingerprint density at radius 1 is 1.11 bits per heavy atom. The molecule has 1 unspecified atom stereocenters. The summed E-state index contributed by atoms with van der Waals surface area (Å²) in [4.78, 5) is 14.3. The third kappa shape index (κ3) is 6.07. The fraction of sp³-hybridized carbons (Fsp3) is 0.458. The Balaban J connectivity index is 1.44. The van der Waals surface area contributed by atoms with E-state index in [-0.39, 0.29) is 6.54 Å². The summed E-state index contributed by atoms with van der Waals surface area (Å²) in [6.45, 7) is 2.66. The Labute approximate surface area is 224 Å². The lowest BCUT2D eigenvalue weighted by atomic mass is 10.1. The molecular formula is C24H30N6O4S3. The van der Waals surface area contributed by atoms with Crippen molar-refractivity contribution in [3.8, 4) is 10.6 Å². The lowest BCUT2D eigenvalue weighted by molar-refractivity contribution is 0.0185. The van der Waals surface area contributed by atoms with Crippen LogP contribution in [0, 0.1) is 12.8 Å². The van der Waals surface area contributed by atoms with Gasteiger partial charge in [-0.1, -0.05) is 18.2 Å². The summed E-state index contributed by atoms with van der Waals surface area (Å²) in [7, 11) is -3.41. The molecule has 5 N–H and O–H groups in total. The van der Waals surface area contributed by atoms with Crippen molar-refractivity contribution in [1.29, 1.82) is 0 Å². The molecule has 1 aliphatic heterocycles. The number of allylic oxidation sites excluding steroid dienone is 1. The van der Waals surface area contributed by atoms with E-state index in [2.05, 4.69) is 26.8 Å². The van der Waals surface area contributed by atoms with Crippen molar-refractivity contribution in [3.63, 3.8) is 0 Å². The number of fused-ring (bicyclic) bond motifs is 1. The quantitative estimate of drug-likeness (QED) is 0.263. The number of thiazole rings is 1. The van der Waals surface area contributed by atoms with Crippen molar-refractivity contribution in [3.05, 3.63) is 41.4 Å². The molecule has 5 rings (SSSR count). The fourth-order valence-corrected chi connectivity index (χ4v) is 7.09. The van der Waals surface area contributed by atoms with E-state index in [0.29, 0.717) is 30.0 Å². The molecule has 1 aliphatic carbocycles. The number of nitrogens with one attached hydrogen (secondary N) is 3. The number of benzene rings is 1. The maximum atomic E-state index is 11.5. The van der Waals surface area contributed by atoms with Crippen molar-refractivity contribution < 1.29 is 18.6 Å². The van der Waals surface area contributed by atoms with Gasteiger partial charge < -0.3 is 20.8 Å². The zero-order valence-corrected chi connectivity index (χ0v) is 22.9. The van der Waals surface area contributed by atoms with Crippen LogP contribution in [0.2, 0.25) is 0 Å². The maximum Gasteiger partial charge on any atom is 0.224 e. The van der Waals surface area contributed by atoms with Crippen LogP contribution in [0.4, 0.5) is 11.8 Å². The standard InChI is InChI=1S/C24H30N6O4S3/c1-13-19(23-29-16-7-3-4-8-18(16)36-23)22(30-24(27-13)25-12-15-6-5-9-35-15)28-17-10-14(20(31)21(17)32)11-26-37(2,33)34/h3-5,7-9,14-15,17,20-21,26,31-32H,6,10-12H2,1-2H3,(H2,25,27,28,30)/t14-,15?,17-,20-,21+/m1/s1. The van der Waals surface area contributed by atoms with Gasteiger partial charge in [0.2, 0.25) is 16.0 Å². The van der Waals surface area contributed by atoms with Crippen molar-refractivity contribution in [2.24, 2.45) is 5.92 Å². The monoisotopic (exact) mass is 562 g/mol. The first kappa shape index (κ1) is 26.3. The summed E-state index contributed by atoms with van der Waals surface area (Å²) in [5.74, 6) is 0.542. The molecular weight excluding hydrogens is 533 g/mol. The van der Waals surface area contributed by atoms with Crippen LogP contribution in [0.1, 0.15) is 18.5 Å². The van der Waals surface area contributed by atoms with Gasteiger partial charge in [0.1, 0.15) is 16.9 Å². The van der Waals surface area contributed by atoms with Gasteiger partial charge in [-0.3, -0.25) is 0 Å². The van der Waals surface area contributed by atoms with Crippen LogP contribution in [0.15, 0.2) is 35.7 Å². The number of para-hydroxylation sites is 1. The molecule has 3 aromatic rings. The number of nitrogens with zero attached hydrogens (tertiary/aromatic N) is 3. The minimum Gasteiger partial charge on any atom is -0.390 e. The molecule has 0 saturated heterocycles. The predicted octanol–water partition coefficient (Wildman–Crippen LogP) is 2.56. The van der Waals surface area contributed by atoms with E-state index in [1.165, 1.54) is 11.3 Å². The van der Waals surface area contributed by atoms with Crippen LogP contribution >= 0.6 is 23.1 Å². The van der Waals surface area contributed by atoms with E-state index in [9.17, 15) is 18.6 Å². The SMILES string of the molecule is Cc1nc(NCC2CC=CS2)nc(N[C@@H]2C[C@H](CNS(C)(=O)=O)[C@@H](O)[C@H]2O)c1-c1nc2ccccc2s1. The normalized spacial score (nSPS) is 25.7. The van der Waals surface area contributed by atoms with Crippen LogP contribution in [-0.2, 0) is 10.0 Å². The van der Waals surface area contributed by atoms with Crippen molar-refractivity contribution in [1.82, 2.24) is 19.7 Å². The second-order valence-electron chi connectivity index (χ2n) is 9.44. The Morgan fingerprint density at radius 2 is 1.92 bits per heavy atom. The van der Waals surface area contributed by atoms with E-state index in [0.717, 1.165) is 39.2 Å². The number of sulfonamides is 1. The fourth-order valence-electron chi connectivity index (χ4n) is 4.66. The van der Waals surface area contributed by atoms with Crippen LogP contribution < -0.4 is 15.4 Å². The van der Waals surface area contributed by atoms with E-state index < -0.39 is 34.2 Å². The average molecular weight is 563 g/mol. The first-order chi connectivity index (χ1) is 17.7. The van der Waals surface area contributed by atoms with Gasteiger partial charge in [-0.2, -0.15) is 4.98 Å². The van der Waals surface area contributed by atoms with Crippen LogP contribution in [0.25, 0.3) is 20.8 Å². The van der Waals surface area contributed by atoms with Crippen LogP contribution in [0.3, 0.4) is 0 Å². The number of rotatable bonds is 9. The van der Waals surface area contributed by atoms with Crippen molar-refractivity contribution >= 4 is 55.1 Å². The molecule has 0 spiro atoms. The van der Waals surface area contributed by atoms with Gasteiger partial charge in [-0.05, 0) is 37.3 Å². The summed E-state index contributed by atoms with van der Waals surface area (Å²) in [5.41, 5.74) is 2.35. The molecule has 13 heteroatoms. The number of aromatic nitrogens is 3. The molecule has 10 nitrogen and oxygen atoms in total. The molecule has 2 aromatic heterocycles.